The van der Waals surface area contributed by atoms with E-state index in [4.69, 9.17) is 19.1 Å². The highest BCUT2D eigenvalue weighted by Crippen LogP contribution is 2.41. The number of alkyl halides is 18. The van der Waals surface area contributed by atoms with Crippen LogP contribution in [-0.2, 0) is 56.2 Å². The van der Waals surface area contributed by atoms with Crippen LogP contribution in [0.4, 0.5) is 79.0 Å². The monoisotopic (exact) mass is 1720 g/mol. The summed E-state index contributed by atoms with van der Waals surface area (Å²) in [5.41, 5.74) is 5.12. The quantitative estimate of drug-likeness (QED) is 0.0375. The highest BCUT2D eigenvalue weighted by molar-refractivity contribution is 5.96. The Kier molecular flexibility index (Phi) is 31.1. The SMILES string of the molecule is CC(=O)c1ccc(-c2cc(C(F)(F)F)on2)cc1.CC(=O)c1ccc(-c2noc(C(F)(F)F)c2C)cc1.CCOC(=O)c1ccc(-c2cc(C(F)(F)F)on2)cc1.CCOC(=O)c1ccc(-c2noc(C(F)(F)F)c2C)cc1.CON(C)C(=O)c1ccc(-c2cc(C(F)(F)F)on2)cc1.CON(C)C(=O)c1ccc(-c2noc(C(F)(F)F)c2C)cc1. The smallest absolute Gasteiger partial charge is 0.452 e. The number of hydroxylamine groups is 4. The molecule has 0 aliphatic heterocycles. The van der Waals surface area contributed by atoms with Crippen LogP contribution in [0.1, 0.15) is 141 Å². The molecule has 0 aliphatic carbocycles. The van der Waals surface area contributed by atoms with Crippen LogP contribution in [0.25, 0.3) is 67.5 Å². The number of hydrogen-bond donors (Lipinski definition) is 0. The Bertz CT molecular complexity index is 5490. The number of halogens is 18. The van der Waals surface area contributed by atoms with Gasteiger partial charge in [0.1, 0.15) is 34.2 Å². The van der Waals surface area contributed by atoms with Gasteiger partial charge in [0.2, 0.25) is 34.6 Å². The van der Waals surface area contributed by atoms with Crippen molar-refractivity contribution >= 4 is 35.3 Å². The molecule has 0 unspecified atom stereocenters. The largest absolute Gasteiger partial charge is 0.462 e. The Morgan fingerprint density at radius 3 is 0.711 bits per heavy atom. The number of carbonyl (C=O) groups excluding carboxylic acids is 6. The standard InChI is InChI=1S/C14H13F3N2O3.C14H12F3NO3.C13H11F3N2O3.C13H10F3NO3.C13H10F3NO2.C12H8F3NO2/c1-8-11(18-22-12(8)14(15,16)17)9-4-6-10(7-5-9)13(20)19(2)21-3;1-3-20-13(19)10-6-4-9(5-7-10)11-8(2)12(21-18-11)14(15,16)17;1-18(20-2)12(19)9-5-3-8(4-6-9)10-7-11(21-17-10)13(14,15)16;1-2-19-12(18)9-5-3-8(4-6-9)10-7-11(20-17-10)13(14,15)16;1-7-11(17-19-12(7)13(14,15)16)10-5-3-9(4-6-10)8(2)18;1-7(17)8-2-4-9(5-3-8)10-6-11(18-16-10)12(13,14)15/h4-7H,1-3H3;4-7H,3H2,1-2H3;3-7H,1-2H3;3-7H,2H2,1H3;3-6H,1-2H3;2-6H,1H3. The van der Waals surface area contributed by atoms with Gasteiger partial charge in [0, 0.05) is 105 Å². The lowest BCUT2D eigenvalue weighted by molar-refractivity contribution is -0.156. The summed E-state index contributed by atoms with van der Waals surface area (Å²) < 4.78 is 260. The Morgan fingerprint density at radius 1 is 0.314 bits per heavy atom. The molecule has 6 aromatic carbocycles. The van der Waals surface area contributed by atoms with Crippen LogP contribution in [0.3, 0.4) is 0 Å². The van der Waals surface area contributed by atoms with Crippen LogP contribution in [0, 0.1) is 20.8 Å². The molecule has 6 heterocycles. The maximum Gasteiger partial charge on any atom is 0.452 e. The normalized spacial score (nSPS) is 11.5. The second-order valence-corrected chi connectivity index (χ2v) is 24.7. The highest BCUT2D eigenvalue weighted by Gasteiger charge is 2.43. The molecule has 0 spiro atoms. The molecule has 0 fully saturated rings. The first-order chi connectivity index (χ1) is 56.5. The molecule has 2 amide bonds. The van der Waals surface area contributed by atoms with Gasteiger partial charge >= 0.3 is 49.0 Å². The van der Waals surface area contributed by atoms with Gasteiger partial charge in [-0.15, -0.1) is 0 Å². The lowest BCUT2D eigenvalue weighted by Crippen LogP contribution is -2.25. The number of nitrogens with zero attached hydrogens (tertiary/aromatic N) is 8. The lowest BCUT2D eigenvalue weighted by Gasteiger charge is -2.13. The van der Waals surface area contributed by atoms with Gasteiger partial charge in [-0.05, 0) is 97.0 Å². The zero-order valence-electron chi connectivity index (χ0n) is 64.4. The number of amides is 2. The van der Waals surface area contributed by atoms with Crippen LogP contribution in [0.5, 0.6) is 0 Å². The van der Waals surface area contributed by atoms with Crippen molar-refractivity contribution in [2.24, 2.45) is 0 Å². The first-order valence-corrected chi connectivity index (χ1v) is 34.4. The molecule has 121 heavy (non-hydrogen) atoms. The molecule has 6 aromatic heterocycles. The zero-order chi connectivity index (χ0) is 90.0. The molecule has 0 atom stereocenters. The Morgan fingerprint density at radius 2 is 0.529 bits per heavy atom. The van der Waals surface area contributed by atoms with Crippen molar-refractivity contribution in [3.8, 4) is 67.5 Å². The highest BCUT2D eigenvalue weighted by atomic mass is 19.4. The fourth-order valence-electron chi connectivity index (χ4n) is 10.0. The molecule has 12 aromatic rings. The maximum atomic E-state index is 12.7. The van der Waals surface area contributed by atoms with Crippen molar-refractivity contribution in [2.45, 2.75) is 85.5 Å². The van der Waals surface area contributed by atoms with Crippen molar-refractivity contribution in [3.05, 3.63) is 248 Å². The van der Waals surface area contributed by atoms with E-state index < -0.39 is 83.6 Å². The van der Waals surface area contributed by atoms with Gasteiger partial charge < -0.3 is 36.6 Å². The average Bonchev–Trinajstić information content (AvgIpc) is 1.66. The summed E-state index contributed by atoms with van der Waals surface area (Å²) in [5, 5.41) is 22.5. The summed E-state index contributed by atoms with van der Waals surface area (Å²) in [6, 6.07) is 38.3. The van der Waals surface area contributed by atoms with Crippen molar-refractivity contribution in [1.29, 1.82) is 0 Å². The Hall–Kier alpha value is -13.5. The van der Waals surface area contributed by atoms with Crippen molar-refractivity contribution in [1.82, 2.24) is 41.1 Å². The second-order valence-electron chi connectivity index (χ2n) is 24.7. The number of aromatic nitrogens is 6. The first-order valence-electron chi connectivity index (χ1n) is 34.4. The maximum absolute atomic E-state index is 12.7. The van der Waals surface area contributed by atoms with Crippen LogP contribution >= 0.6 is 0 Å². The van der Waals surface area contributed by atoms with Crippen molar-refractivity contribution in [3.63, 3.8) is 0 Å². The zero-order valence-corrected chi connectivity index (χ0v) is 64.4. The predicted octanol–water partition coefficient (Wildman–Crippen LogP) is 21.1. The number of benzene rings is 6. The van der Waals surface area contributed by atoms with Gasteiger partial charge in [-0.2, -0.15) is 79.0 Å². The fourth-order valence-corrected chi connectivity index (χ4v) is 10.0. The van der Waals surface area contributed by atoms with E-state index in [1.165, 1.54) is 184 Å². The second kappa shape index (κ2) is 39.8. The number of Topliss-reactive ketones (excluding diaryl/α,β-unsaturated/α-hetero) is 2. The summed E-state index contributed by atoms with van der Waals surface area (Å²) in [4.78, 5) is 78.2. The fraction of sp³-hybridized carbons (Fsp3) is 0.241. The van der Waals surface area contributed by atoms with Crippen molar-refractivity contribution < 1.29 is 154 Å². The molecule has 42 heteroatoms. The number of rotatable bonds is 16. The van der Waals surface area contributed by atoms with Gasteiger partial charge in [-0.3, -0.25) is 28.9 Å². The summed E-state index contributed by atoms with van der Waals surface area (Å²) in [6.07, 6.45) is -27.4. The van der Waals surface area contributed by atoms with E-state index in [-0.39, 0.29) is 87.4 Å². The molecule has 0 bridgehead atoms. The molecule has 0 saturated carbocycles. The van der Waals surface area contributed by atoms with Gasteiger partial charge in [-0.25, -0.2) is 19.7 Å². The minimum absolute atomic E-state index is 0.0430. The molecule has 0 N–H and O–H groups in total. The van der Waals surface area contributed by atoms with Crippen LogP contribution in [-0.4, -0.2) is 118 Å². The third-order valence-corrected chi connectivity index (χ3v) is 16.4. The molecular weight excluding hydrogens is 1660 g/mol. The summed E-state index contributed by atoms with van der Waals surface area (Å²) >= 11 is 0. The Labute approximate surface area is 671 Å². The molecule has 0 radical (unpaired) electrons. The summed E-state index contributed by atoms with van der Waals surface area (Å²) in [6.45, 7) is 10.6. The third kappa shape index (κ3) is 25.3. The van der Waals surface area contributed by atoms with Gasteiger partial charge in [-0.1, -0.05) is 128 Å². The molecule has 0 saturated heterocycles. The van der Waals surface area contributed by atoms with E-state index in [0.717, 1.165) is 28.3 Å². The lowest BCUT2D eigenvalue weighted by atomic mass is 10.0. The third-order valence-electron chi connectivity index (χ3n) is 16.4. The average molecular weight is 1720 g/mol. The van der Waals surface area contributed by atoms with Gasteiger partial charge in [0.15, 0.2) is 11.6 Å². The summed E-state index contributed by atoms with van der Waals surface area (Å²) in [5.74, 6) is -8.77. The number of esters is 2. The Balaban J connectivity index is 0.000000200. The van der Waals surface area contributed by atoms with E-state index >= 15 is 0 Å². The van der Waals surface area contributed by atoms with Gasteiger partial charge in [0.05, 0.1) is 38.6 Å². The number of carbonyl (C=O) groups is 6. The summed E-state index contributed by atoms with van der Waals surface area (Å²) in [7, 11) is 5.60. The van der Waals surface area contributed by atoms with Crippen molar-refractivity contribution in [2.75, 3.05) is 41.5 Å². The molecule has 24 nitrogen and oxygen atoms in total. The van der Waals surface area contributed by atoms with E-state index in [2.05, 4.69) is 58.1 Å². The molecule has 12 rings (SSSR count). The minimum Gasteiger partial charge on any atom is -0.462 e. The number of ether oxygens (including phenoxy) is 2. The van der Waals surface area contributed by atoms with E-state index in [0.29, 0.717) is 66.8 Å². The molecule has 642 valence electrons. The topological polar surface area (TPSA) is 302 Å². The number of hydrogen-bond acceptors (Lipinski definition) is 22. The first kappa shape index (κ1) is 94.6. The van der Waals surface area contributed by atoms with Crippen LogP contribution < -0.4 is 0 Å². The van der Waals surface area contributed by atoms with Gasteiger partial charge in [0.25, 0.3) is 11.8 Å². The minimum atomic E-state index is -4.59. The van der Waals surface area contributed by atoms with Crippen LogP contribution in [0.2, 0.25) is 0 Å². The van der Waals surface area contributed by atoms with Crippen LogP contribution in [0.15, 0.2) is 191 Å². The van der Waals surface area contributed by atoms with E-state index in [9.17, 15) is 108 Å². The van der Waals surface area contributed by atoms with E-state index in [1.807, 2.05) is 0 Å². The number of ketones is 2. The molecular formula is C79H64F18N8O16. The predicted molar refractivity (Wildman–Crippen MR) is 386 cm³/mol. The molecule has 0 aliphatic rings. The van der Waals surface area contributed by atoms with E-state index in [1.54, 1.807) is 38.1 Å².